The van der Waals surface area contributed by atoms with Crippen LogP contribution in [0.5, 0.6) is 0 Å². The molecule has 4 heteroatoms. The fraction of sp³-hybridized carbons (Fsp3) is 0. The third-order valence-electron chi connectivity index (χ3n) is 10.6. The molecule has 0 unspecified atom stereocenters. The van der Waals surface area contributed by atoms with E-state index < -0.39 is 0 Å². The molecule has 8 aromatic carbocycles. The van der Waals surface area contributed by atoms with Crippen molar-refractivity contribution in [2.24, 2.45) is 0 Å². The van der Waals surface area contributed by atoms with Crippen LogP contribution in [0.25, 0.3) is 101 Å². The van der Waals surface area contributed by atoms with Gasteiger partial charge in [0.15, 0.2) is 0 Å². The van der Waals surface area contributed by atoms with Crippen LogP contribution >= 0.6 is 22.7 Å². The lowest BCUT2D eigenvalue weighted by Crippen LogP contribution is -1.94. The number of hydrogen-bond donors (Lipinski definition) is 0. The summed E-state index contributed by atoms with van der Waals surface area (Å²) >= 11 is 3.55. The molecule has 3 heterocycles. The van der Waals surface area contributed by atoms with Gasteiger partial charge < -0.3 is 4.57 Å². The second-order valence-corrected chi connectivity index (χ2v) is 15.7. The molecule has 3 aromatic heterocycles. The standard InChI is InChI=1S/C49H28N2S2/c50-29-36-24-35(34-18-21-38-37-14-7-8-17-46(37)52-47(38)28-34)27-42-39-15-9-16-45(49(39)53-48(36)42)51-43-22-19-32(30-10-3-1-4-11-30)25-40(43)41-26-33(20-23-44(41)51)31-12-5-2-6-13-31/h1-28H. The van der Waals surface area contributed by atoms with Gasteiger partial charge in [-0.2, -0.15) is 5.26 Å². The molecule has 0 saturated carbocycles. The Hall–Kier alpha value is -6.51. The molecule has 11 rings (SSSR count). The molecule has 0 aliphatic rings. The van der Waals surface area contributed by atoms with Crippen molar-refractivity contribution in [1.29, 1.82) is 5.26 Å². The molecule has 246 valence electrons. The van der Waals surface area contributed by atoms with Crippen molar-refractivity contribution in [2.75, 3.05) is 0 Å². The van der Waals surface area contributed by atoms with E-state index in [1.54, 1.807) is 11.3 Å². The molecule has 53 heavy (non-hydrogen) atoms. The summed E-state index contributed by atoms with van der Waals surface area (Å²) in [5, 5.41) is 17.8. The maximum atomic E-state index is 10.5. The third-order valence-corrected chi connectivity index (χ3v) is 13.0. The highest BCUT2D eigenvalue weighted by molar-refractivity contribution is 7.26. The quantitative estimate of drug-likeness (QED) is 0.179. The molecule has 0 N–H and O–H groups in total. The zero-order valence-corrected chi connectivity index (χ0v) is 30.0. The molecule has 0 radical (unpaired) electrons. The second kappa shape index (κ2) is 11.8. The topological polar surface area (TPSA) is 28.7 Å². The van der Waals surface area contributed by atoms with Crippen LogP contribution in [0.3, 0.4) is 0 Å². The Labute approximate surface area is 313 Å². The van der Waals surface area contributed by atoms with Gasteiger partial charge in [0.2, 0.25) is 0 Å². The van der Waals surface area contributed by atoms with Gasteiger partial charge in [0.25, 0.3) is 0 Å². The molecule has 0 atom stereocenters. The maximum Gasteiger partial charge on any atom is 0.101 e. The largest absolute Gasteiger partial charge is 0.308 e. The molecule has 0 spiro atoms. The predicted octanol–water partition coefficient (Wildman–Crippen LogP) is 14.4. The average Bonchev–Trinajstić information content (AvgIpc) is 3.90. The highest BCUT2D eigenvalue weighted by Crippen LogP contribution is 2.45. The van der Waals surface area contributed by atoms with Gasteiger partial charge in [0, 0.05) is 41.7 Å². The monoisotopic (exact) mass is 708 g/mol. The van der Waals surface area contributed by atoms with Crippen LogP contribution in [-0.4, -0.2) is 4.57 Å². The van der Waals surface area contributed by atoms with Gasteiger partial charge in [0.1, 0.15) is 6.07 Å². The summed E-state index contributed by atoms with van der Waals surface area (Å²) in [5.41, 5.74) is 11.1. The predicted molar refractivity (Wildman–Crippen MR) is 228 cm³/mol. The van der Waals surface area contributed by atoms with E-state index in [4.69, 9.17) is 0 Å². The molecule has 0 bridgehead atoms. The maximum absolute atomic E-state index is 10.5. The SMILES string of the molecule is N#Cc1cc(-c2ccc3c(c2)sc2ccccc23)cc2c1sc1c(-n3c4ccc(-c5ccccc5)cc4c4cc(-c5ccccc5)ccc43)cccc12. The highest BCUT2D eigenvalue weighted by atomic mass is 32.1. The first kappa shape index (κ1) is 30.1. The number of rotatable bonds is 4. The minimum atomic E-state index is 0.711. The minimum Gasteiger partial charge on any atom is -0.308 e. The van der Waals surface area contributed by atoms with E-state index in [0.29, 0.717) is 5.56 Å². The molecular weight excluding hydrogens is 681 g/mol. The van der Waals surface area contributed by atoms with Crippen LogP contribution in [0.15, 0.2) is 170 Å². The van der Waals surface area contributed by atoms with Crippen molar-refractivity contribution >= 4 is 84.8 Å². The van der Waals surface area contributed by atoms with E-state index in [1.807, 2.05) is 11.3 Å². The summed E-state index contributed by atoms with van der Waals surface area (Å²) in [4.78, 5) is 0. The lowest BCUT2D eigenvalue weighted by atomic mass is 9.99. The van der Waals surface area contributed by atoms with Crippen LogP contribution in [0, 0.1) is 11.3 Å². The Kier molecular flexibility index (Phi) is 6.69. The van der Waals surface area contributed by atoms with Gasteiger partial charge in [-0.3, -0.25) is 0 Å². The van der Waals surface area contributed by atoms with Crippen LogP contribution in [0.2, 0.25) is 0 Å². The van der Waals surface area contributed by atoms with E-state index in [2.05, 4.69) is 180 Å². The van der Waals surface area contributed by atoms with E-state index in [0.717, 1.165) is 37.9 Å². The fourth-order valence-corrected chi connectivity index (χ4v) is 10.5. The Balaban J connectivity index is 1.14. The number of nitriles is 1. The average molecular weight is 709 g/mol. The Bertz CT molecular complexity index is 3190. The molecule has 0 saturated heterocycles. The summed E-state index contributed by atoms with van der Waals surface area (Å²) in [7, 11) is 0. The van der Waals surface area contributed by atoms with Crippen molar-refractivity contribution in [1.82, 2.24) is 4.57 Å². The summed E-state index contributed by atoms with van der Waals surface area (Å²) in [6.07, 6.45) is 0. The zero-order chi connectivity index (χ0) is 35.0. The van der Waals surface area contributed by atoms with Gasteiger partial charge in [-0.05, 0) is 88.0 Å². The molecule has 11 aromatic rings. The number of hydrogen-bond acceptors (Lipinski definition) is 3. The van der Waals surface area contributed by atoms with Gasteiger partial charge in [0.05, 0.1) is 31.7 Å². The highest BCUT2D eigenvalue weighted by Gasteiger charge is 2.20. The number of thiophene rings is 2. The van der Waals surface area contributed by atoms with Crippen LogP contribution in [-0.2, 0) is 0 Å². The molecule has 0 aliphatic carbocycles. The Morgan fingerprint density at radius 3 is 1.66 bits per heavy atom. The van der Waals surface area contributed by atoms with E-state index in [-0.39, 0.29) is 0 Å². The number of fused-ring (bicyclic) bond motifs is 9. The number of aromatic nitrogens is 1. The Morgan fingerprint density at radius 1 is 0.377 bits per heavy atom. The lowest BCUT2D eigenvalue weighted by Gasteiger charge is -2.10. The van der Waals surface area contributed by atoms with Crippen LogP contribution in [0.1, 0.15) is 5.56 Å². The molecule has 0 amide bonds. The number of nitrogens with zero attached hydrogens (tertiary/aromatic N) is 2. The van der Waals surface area contributed by atoms with Gasteiger partial charge >= 0.3 is 0 Å². The van der Waals surface area contributed by atoms with Crippen molar-refractivity contribution < 1.29 is 0 Å². The van der Waals surface area contributed by atoms with E-state index >= 15 is 0 Å². The number of benzene rings is 8. The molecule has 0 fully saturated rings. The smallest absolute Gasteiger partial charge is 0.101 e. The van der Waals surface area contributed by atoms with Gasteiger partial charge in [-0.25, -0.2) is 0 Å². The van der Waals surface area contributed by atoms with Gasteiger partial charge in [-0.15, -0.1) is 22.7 Å². The zero-order valence-electron chi connectivity index (χ0n) is 28.4. The van der Waals surface area contributed by atoms with E-state index in [1.165, 1.54) is 63.3 Å². The summed E-state index contributed by atoms with van der Waals surface area (Å²) < 4.78 is 7.18. The summed E-state index contributed by atoms with van der Waals surface area (Å²) in [5.74, 6) is 0. The minimum absolute atomic E-state index is 0.711. The van der Waals surface area contributed by atoms with E-state index in [9.17, 15) is 5.26 Å². The lowest BCUT2D eigenvalue weighted by molar-refractivity contribution is 1.20. The second-order valence-electron chi connectivity index (χ2n) is 13.6. The first-order valence-electron chi connectivity index (χ1n) is 17.7. The fourth-order valence-electron chi connectivity index (χ4n) is 8.12. The first-order chi connectivity index (χ1) is 26.2. The van der Waals surface area contributed by atoms with Crippen LogP contribution in [0.4, 0.5) is 0 Å². The van der Waals surface area contributed by atoms with Crippen molar-refractivity contribution in [3.8, 4) is 45.1 Å². The van der Waals surface area contributed by atoms with Crippen molar-refractivity contribution in [3.05, 3.63) is 175 Å². The van der Waals surface area contributed by atoms with Crippen molar-refractivity contribution in [2.45, 2.75) is 0 Å². The molecule has 2 nitrogen and oxygen atoms in total. The van der Waals surface area contributed by atoms with Gasteiger partial charge in [-0.1, -0.05) is 115 Å². The van der Waals surface area contributed by atoms with Crippen molar-refractivity contribution in [3.63, 3.8) is 0 Å². The summed E-state index contributed by atoms with van der Waals surface area (Å²) in [6.45, 7) is 0. The Morgan fingerprint density at radius 2 is 0.962 bits per heavy atom. The van der Waals surface area contributed by atoms with Crippen LogP contribution < -0.4 is 0 Å². The third kappa shape index (κ3) is 4.69. The molecular formula is C49H28N2S2. The first-order valence-corrected chi connectivity index (χ1v) is 19.4. The summed E-state index contributed by atoms with van der Waals surface area (Å²) in [6, 6.07) is 63.8. The normalized spacial score (nSPS) is 11.8. The molecule has 0 aliphatic heterocycles.